The van der Waals surface area contributed by atoms with Crippen molar-refractivity contribution in [2.45, 2.75) is 0 Å². The van der Waals surface area contributed by atoms with Gasteiger partial charge in [0.1, 0.15) is 0 Å². The van der Waals surface area contributed by atoms with Gasteiger partial charge in [0.05, 0.1) is 0 Å². The Hall–Kier alpha value is -0.170. The van der Waals surface area contributed by atoms with Crippen LogP contribution in [0.3, 0.4) is 0 Å². The molecule has 1 rings (SSSR count). The van der Waals surface area contributed by atoms with Gasteiger partial charge in [-0.15, -0.1) is 0 Å². The van der Waals surface area contributed by atoms with Gasteiger partial charge < -0.3 is 0 Å². The number of hydrogen-bond donors (Lipinski definition) is 2. The van der Waals surface area contributed by atoms with Crippen LogP contribution in [0.5, 0.6) is 0 Å². The van der Waals surface area contributed by atoms with E-state index in [1.54, 1.807) is 24.3 Å². The molecule has 2 N–H and O–H groups in total. The molecular formula is C7H9INO2-. The summed E-state index contributed by atoms with van der Waals surface area (Å²) in [6.07, 6.45) is 0. The Morgan fingerprint density at radius 2 is 1.91 bits per heavy atom. The molecule has 0 saturated carbocycles. The molecule has 1 aromatic rings. The average Bonchev–Trinajstić information content (AvgIpc) is 2.05. The summed E-state index contributed by atoms with van der Waals surface area (Å²) in [5.74, 6) is 0. The molecule has 0 amide bonds. The summed E-state index contributed by atoms with van der Waals surface area (Å²) in [4.78, 5) is 0. The van der Waals surface area contributed by atoms with Crippen LogP contribution >= 0.6 is 0 Å². The first-order chi connectivity index (χ1) is 5.24. The molecule has 0 radical (unpaired) electrons. The molecule has 62 valence electrons. The number of nitrogens with one attached hydrogen (secondary N) is 1. The molecule has 0 heterocycles. The van der Waals surface area contributed by atoms with E-state index in [2.05, 4.69) is 0 Å². The summed E-state index contributed by atoms with van der Waals surface area (Å²) in [5.41, 5.74) is 0.700. The predicted octanol–water partition coefficient (Wildman–Crippen LogP) is -3.50. The van der Waals surface area contributed by atoms with E-state index >= 15 is 0 Å². The van der Waals surface area contributed by atoms with Crippen LogP contribution < -0.4 is 26.7 Å². The zero-order chi connectivity index (χ0) is 8.27. The maximum atomic E-state index is 10.8. The van der Waals surface area contributed by atoms with Crippen LogP contribution in [0.4, 0.5) is 5.69 Å². The minimum atomic E-state index is -0.835. The zero-order valence-corrected chi connectivity index (χ0v) is 8.20. The summed E-state index contributed by atoms with van der Waals surface area (Å²) in [5, 5.41) is 10.9. The van der Waals surface area contributed by atoms with Crippen molar-refractivity contribution in [1.82, 2.24) is 0 Å². The van der Waals surface area contributed by atoms with Gasteiger partial charge in [-0.25, -0.2) is 0 Å². The van der Waals surface area contributed by atoms with Crippen LogP contribution in [-0.4, -0.2) is 10.5 Å². The first-order valence-corrected chi connectivity index (χ1v) is 5.18. The summed E-state index contributed by atoms with van der Waals surface area (Å²) >= 11 is -0.835. The first kappa shape index (κ1) is 8.92. The van der Waals surface area contributed by atoms with E-state index in [0.29, 0.717) is 5.69 Å². The van der Waals surface area contributed by atoms with Gasteiger partial charge in [-0.3, -0.25) is 0 Å². The van der Waals surface area contributed by atoms with Gasteiger partial charge in [0.25, 0.3) is 0 Å². The Balaban J connectivity index is 2.83. The molecule has 1 atom stereocenters. The molecule has 0 spiro atoms. The molecule has 0 aromatic heterocycles. The fourth-order valence-electron chi connectivity index (χ4n) is 0.741. The molecule has 0 aliphatic carbocycles. The molecule has 11 heavy (non-hydrogen) atoms. The van der Waals surface area contributed by atoms with Gasteiger partial charge in [-0.05, 0) is 0 Å². The third-order valence-electron chi connectivity index (χ3n) is 1.35. The number of halogens is 1. The summed E-state index contributed by atoms with van der Waals surface area (Å²) in [6, 6.07) is 7.08. The summed E-state index contributed by atoms with van der Waals surface area (Å²) < 4.78 is 9.73. The molecule has 0 aliphatic rings. The molecule has 0 bridgehead atoms. The minimum absolute atomic E-state index is 0.0627. The van der Waals surface area contributed by atoms with Crippen molar-refractivity contribution in [3.63, 3.8) is 0 Å². The van der Waals surface area contributed by atoms with Crippen LogP contribution in [0.2, 0.25) is 0 Å². The average molecular weight is 266 g/mol. The molecule has 1 unspecified atom stereocenters. The third kappa shape index (κ3) is 2.41. The van der Waals surface area contributed by atoms with Gasteiger partial charge in [-0.1, -0.05) is 0 Å². The fourth-order valence-corrected chi connectivity index (χ4v) is 1.42. The number of rotatable bonds is 2. The van der Waals surface area contributed by atoms with E-state index in [1.807, 2.05) is 0 Å². The second-order valence-electron chi connectivity index (χ2n) is 2.15. The Morgan fingerprint density at radius 3 is 2.27 bits per heavy atom. The van der Waals surface area contributed by atoms with Crippen molar-refractivity contribution in [3.8, 4) is 0 Å². The van der Waals surface area contributed by atoms with E-state index in [9.17, 15) is 5.21 Å². The van der Waals surface area contributed by atoms with Crippen LogP contribution in [0.1, 0.15) is 0 Å². The normalized spacial score (nSPS) is 13.4. The number of hydroxylamine groups is 1. The SMILES string of the molecule is C[NH+]([O-])c1ccc([I-]O)cc1. The van der Waals surface area contributed by atoms with E-state index in [0.717, 1.165) is 3.57 Å². The van der Waals surface area contributed by atoms with Gasteiger partial charge in [-0.2, -0.15) is 0 Å². The van der Waals surface area contributed by atoms with Gasteiger partial charge in [0.2, 0.25) is 0 Å². The van der Waals surface area contributed by atoms with E-state index in [1.165, 1.54) is 7.05 Å². The molecule has 0 fully saturated rings. The molecule has 4 heteroatoms. The Kier molecular flexibility index (Phi) is 3.25. The maximum absolute atomic E-state index is 10.8. The quantitative estimate of drug-likeness (QED) is 0.431. The van der Waals surface area contributed by atoms with Crippen LogP contribution in [0.25, 0.3) is 0 Å². The van der Waals surface area contributed by atoms with Crippen molar-refractivity contribution >= 4 is 5.69 Å². The van der Waals surface area contributed by atoms with E-state index in [4.69, 9.17) is 3.44 Å². The molecular weight excluding hydrogens is 257 g/mol. The number of quaternary nitrogens is 1. The van der Waals surface area contributed by atoms with Crippen LogP contribution in [0, 0.1) is 8.78 Å². The summed E-state index contributed by atoms with van der Waals surface area (Å²) in [7, 11) is 1.53. The molecule has 0 saturated heterocycles. The van der Waals surface area contributed by atoms with Crippen LogP contribution in [0.15, 0.2) is 24.3 Å². The van der Waals surface area contributed by atoms with E-state index in [-0.39, 0.29) is 5.06 Å². The van der Waals surface area contributed by atoms with Gasteiger partial charge >= 0.3 is 75.9 Å². The molecule has 1 aromatic carbocycles. The topological polar surface area (TPSA) is 47.7 Å². The number of benzene rings is 1. The molecule has 3 nitrogen and oxygen atoms in total. The van der Waals surface area contributed by atoms with Crippen molar-refractivity contribution in [3.05, 3.63) is 33.0 Å². The molecule has 0 aliphatic heterocycles. The Bertz CT molecular complexity index is 222. The van der Waals surface area contributed by atoms with Crippen molar-refractivity contribution < 1.29 is 30.1 Å². The Labute approximate surface area is 76.0 Å². The van der Waals surface area contributed by atoms with E-state index < -0.39 is 21.6 Å². The van der Waals surface area contributed by atoms with Crippen molar-refractivity contribution in [1.29, 1.82) is 0 Å². The second-order valence-corrected chi connectivity index (χ2v) is 3.88. The standard InChI is InChI=1S/C7H9INO2/c1-9(11)7-4-2-6(8-10)3-5-7/h2-5,9-10H,1H3/q-1. The Morgan fingerprint density at radius 1 is 1.36 bits per heavy atom. The van der Waals surface area contributed by atoms with Crippen molar-refractivity contribution in [2.24, 2.45) is 0 Å². The van der Waals surface area contributed by atoms with Gasteiger partial charge in [0, 0.05) is 0 Å². The van der Waals surface area contributed by atoms with Crippen molar-refractivity contribution in [2.75, 3.05) is 7.05 Å². The monoisotopic (exact) mass is 266 g/mol. The second kappa shape index (κ2) is 4.01. The third-order valence-corrected chi connectivity index (χ3v) is 2.62. The zero-order valence-electron chi connectivity index (χ0n) is 6.04. The first-order valence-electron chi connectivity index (χ1n) is 3.13. The summed E-state index contributed by atoms with van der Waals surface area (Å²) in [6.45, 7) is 0. The van der Waals surface area contributed by atoms with Crippen LogP contribution in [-0.2, 0) is 0 Å². The fraction of sp³-hybridized carbons (Fsp3) is 0.143. The predicted molar refractivity (Wildman–Crippen MR) is 37.3 cm³/mol. The van der Waals surface area contributed by atoms with Gasteiger partial charge in [0.15, 0.2) is 0 Å². The number of hydrogen-bond acceptors (Lipinski definition) is 2.